The van der Waals surface area contributed by atoms with Gasteiger partial charge >= 0.3 is 0 Å². The maximum absolute atomic E-state index is 13.4. The van der Waals surface area contributed by atoms with E-state index in [0.717, 1.165) is 16.9 Å². The predicted molar refractivity (Wildman–Crippen MR) is 136 cm³/mol. The van der Waals surface area contributed by atoms with E-state index in [4.69, 9.17) is 9.72 Å². The molecule has 0 spiro atoms. The summed E-state index contributed by atoms with van der Waals surface area (Å²) in [4.78, 5) is 31.0. The fourth-order valence-electron chi connectivity index (χ4n) is 3.67. The number of nitrogens with zero attached hydrogens (tertiary/aromatic N) is 2. The number of ether oxygens (including phenoxy) is 1. The molecule has 0 saturated heterocycles. The van der Waals surface area contributed by atoms with Crippen LogP contribution in [-0.2, 0) is 11.3 Å². The Labute approximate surface area is 207 Å². The third kappa shape index (κ3) is 5.71. The molecule has 0 bridgehead atoms. The van der Waals surface area contributed by atoms with Crippen LogP contribution in [0.4, 0.5) is 4.39 Å². The van der Waals surface area contributed by atoms with Crippen LogP contribution in [0.15, 0.2) is 82.7 Å². The lowest BCUT2D eigenvalue weighted by Crippen LogP contribution is -2.34. The highest BCUT2D eigenvalue weighted by Crippen LogP contribution is 2.25. The van der Waals surface area contributed by atoms with E-state index < -0.39 is 5.25 Å². The van der Waals surface area contributed by atoms with Crippen LogP contribution in [0.1, 0.15) is 31.0 Å². The molecule has 0 aliphatic carbocycles. The van der Waals surface area contributed by atoms with Crippen LogP contribution in [0, 0.1) is 5.82 Å². The highest BCUT2D eigenvalue weighted by molar-refractivity contribution is 8.00. The number of methoxy groups -OCH3 is 1. The second-order valence-corrected chi connectivity index (χ2v) is 9.50. The van der Waals surface area contributed by atoms with Gasteiger partial charge in [-0.15, -0.1) is 0 Å². The second-order valence-electron chi connectivity index (χ2n) is 8.19. The molecule has 180 valence electrons. The van der Waals surface area contributed by atoms with E-state index >= 15 is 0 Å². The minimum atomic E-state index is -0.520. The summed E-state index contributed by atoms with van der Waals surface area (Å²) in [6.07, 6.45) is 0. The van der Waals surface area contributed by atoms with Crippen molar-refractivity contribution < 1.29 is 13.9 Å². The molecule has 6 nitrogen and oxygen atoms in total. The standard InChI is InChI=1S/C27H26FN3O3S/c1-17(20-10-12-21(28)13-11-20)29-25(32)18(2)35-27-30-24-7-5-4-6-23(24)26(33)31(27)16-19-8-14-22(34-3)15-9-19/h4-15,17-18H,16H2,1-3H3,(H,29,32)/t17-,18-/m1/s1. The number of benzene rings is 3. The van der Waals surface area contributed by atoms with Crippen molar-refractivity contribution in [2.24, 2.45) is 0 Å². The number of fused-ring (bicyclic) bond motifs is 1. The fourth-order valence-corrected chi connectivity index (χ4v) is 4.58. The van der Waals surface area contributed by atoms with Crippen LogP contribution in [0.2, 0.25) is 0 Å². The number of nitrogens with one attached hydrogen (secondary N) is 1. The lowest BCUT2D eigenvalue weighted by molar-refractivity contribution is -0.120. The van der Waals surface area contributed by atoms with Crippen LogP contribution in [-0.4, -0.2) is 27.8 Å². The second kappa shape index (κ2) is 10.7. The SMILES string of the molecule is COc1ccc(Cn2c(S[C@H](C)C(=O)N[C@H](C)c3ccc(F)cc3)nc3ccccc3c2=O)cc1. The molecular weight excluding hydrogens is 465 g/mol. The first-order chi connectivity index (χ1) is 16.9. The van der Waals surface area contributed by atoms with Crippen molar-refractivity contribution >= 4 is 28.6 Å². The molecule has 8 heteroatoms. The van der Waals surface area contributed by atoms with Crippen molar-refractivity contribution in [2.75, 3.05) is 7.11 Å². The molecule has 1 N–H and O–H groups in total. The average Bonchev–Trinajstić information content (AvgIpc) is 2.87. The fraction of sp³-hybridized carbons (Fsp3) is 0.222. The van der Waals surface area contributed by atoms with E-state index in [0.29, 0.717) is 22.6 Å². The van der Waals surface area contributed by atoms with Gasteiger partial charge in [-0.3, -0.25) is 14.2 Å². The molecule has 0 fully saturated rings. The highest BCUT2D eigenvalue weighted by Gasteiger charge is 2.21. The third-order valence-corrected chi connectivity index (χ3v) is 6.80. The van der Waals surface area contributed by atoms with Gasteiger partial charge in [0.1, 0.15) is 11.6 Å². The van der Waals surface area contributed by atoms with E-state index in [9.17, 15) is 14.0 Å². The van der Waals surface area contributed by atoms with Crippen LogP contribution < -0.4 is 15.6 Å². The Kier molecular flexibility index (Phi) is 7.51. The zero-order valence-electron chi connectivity index (χ0n) is 19.7. The lowest BCUT2D eigenvalue weighted by atomic mass is 10.1. The van der Waals surface area contributed by atoms with E-state index in [1.807, 2.05) is 43.3 Å². The number of carbonyl (C=O) groups is 1. The van der Waals surface area contributed by atoms with Gasteiger partial charge in [-0.25, -0.2) is 9.37 Å². The van der Waals surface area contributed by atoms with Gasteiger partial charge in [0.2, 0.25) is 5.91 Å². The summed E-state index contributed by atoms with van der Waals surface area (Å²) < 4.78 is 20.1. The maximum Gasteiger partial charge on any atom is 0.262 e. The minimum Gasteiger partial charge on any atom is -0.497 e. The molecule has 0 aliphatic heterocycles. The molecule has 0 saturated carbocycles. The third-order valence-electron chi connectivity index (χ3n) is 5.71. The Morgan fingerprint density at radius 1 is 1.06 bits per heavy atom. The van der Waals surface area contributed by atoms with Gasteiger partial charge in [0, 0.05) is 0 Å². The summed E-state index contributed by atoms with van der Waals surface area (Å²) in [6, 6.07) is 20.4. The van der Waals surface area contributed by atoms with Crippen molar-refractivity contribution in [1.82, 2.24) is 14.9 Å². The normalized spacial score (nSPS) is 12.8. The van der Waals surface area contributed by atoms with Gasteiger partial charge in [-0.05, 0) is 61.4 Å². The number of thioether (sulfide) groups is 1. The summed E-state index contributed by atoms with van der Waals surface area (Å²) in [7, 11) is 1.60. The average molecular weight is 492 g/mol. The van der Waals surface area contributed by atoms with Crippen molar-refractivity contribution in [3.8, 4) is 5.75 Å². The number of amides is 1. The highest BCUT2D eigenvalue weighted by atomic mass is 32.2. The van der Waals surface area contributed by atoms with Crippen molar-refractivity contribution in [2.45, 2.75) is 36.8 Å². The molecule has 2 atom stereocenters. The molecule has 0 unspecified atom stereocenters. The van der Waals surface area contributed by atoms with Gasteiger partial charge in [0.15, 0.2) is 5.16 Å². The quantitative estimate of drug-likeness (QED) is 0.279. The summed E-state index contributed by atoms with van der Waals surface area (Å²) in [5.74, 6) is 0.200. The smallest absolute Gasteiger partial charge is 0.262 e. The number of carbonyl (C=O) groups excluding carboxylic acids is 1. The molecule has 0 aliphatic rings. The summed E-state index contributed by atoms with van der Waals surface area (Å²) >= 11 is 1.23. The topological polar surface area (TPSA) is 73.2 Å². The Bertz CT molecular complexity index is 1390. The molecule has 3 aromatic carbocycles. The van der Waals surface area contributed by atoms with Gasteiger partial charge in [-0.1, -0.05) is 48.2 Å². The van der Waals surface area contributed by atoms with E-state index in [1.165, 1.54) is 23.9 Å². The monoisotopic (exact) mass is 491 g/mol. The lowest BCUT2D eigenvalue weighted by Gasteiger charge is -2.19. The number of hydrogen-bond acceptors (Lipinski definition) is 5. The summed E-state index contributed by atoms with van der Waals surface area (Å²) in [6.45, 7) is 3.93. The Balaban J connectivity index is 1.60. The Hall–Kier alpha value is -3.65. The minimum absolute atomic E-state index is 0.166. The molecule has 35 heavy (non-hydrogen) atoms. The van der Waals surface area contributed by atoms with Crippen molar-refractivity contribution in [3.63, 3.8) is 0 Å². The van der Waals surface area contributed by atoms with E-state index in [1.54, 1.807) is 42.9 Å². The number of hydrogen-bond donors (Lipinski definition) is 1. The van der Waals surface area contributed by atoms with Crippen LogP contribution in [0.3, 0.4) is 0 Å². The number of aromatic nitrogens is 2. The Morgan fingerprint density at radius 2 is 1.74 bits per heavy atom. The Morgan fingerprint density at radius 3 is 2.43 bits per heavy atom. The first kappa shape index (κ1) is 24.5. The molecule has 0 radical (unpaired) electrons. The molecule has 1 aromatic heterocycles. The van der Waals surface area contributed by atoms with Crippen molar-refractivity contribution in [3.05, 3.63) is 100 Å². The molecule has 1 heterocycles. The molecule has 4 rings (SSSR count). The first-order valence-corrected chi connectivity index (χ1v) is 12.1. The first-order valence-electron chi connectivity index (χ1n) is 11.2. The maximum atomic E-state index is 13.4. The zero-order chi connectivity index (χ0) is 24.9. The van der Waals surface area contributed by atoms with Crippen LogP contribution in [0.5, 0.6) is 5.75 Å². The largest absolute Gasteiger partial charge is 0.497 e. The van der Waals surface area contributed by atoms with Gasteiger partial charge in [0.25, 0.3) is 5.56 Å². The number of halogens is 1. The van der Waals surface area contributed by atoms with E-state index in [2.05, 4.69) is 5.32 Å². The van der Waals surface area contributed by atoms with E-state index in [-0.39, 0.29) is 23.3 Å². The predicted octanol–water partition coefficient (Wildman–Crippen LogP) is 4.95. The number of rotatable bonds is 8. The van der Waals surface area contributed by atoms with Crippen LogP contribution >= 0.6 is 11.8 Å². The number of para-hydroxylation sites is 1. The van der Waals surface area contributed by atoms with Gasteiger partial charge in [0.05, 0.1) is 35.8 Å². The molecular formula is C27H26FN3O3S. The van der Waals surface area contributed by atoms with Gasteiger partial charge in [-0.2, -0.15) is 0 Å². The molecule has 4 aromatic rings. The summed E-state index contributed by atoms with van der Waals surface area (Å²) in [5, 5.41) is 3.42. The van der Waals surface area contributed by atoms with Gasteiger partial charge < -0.3 is 10.1 Å². The summed E-state index contributed by atoms with van der Waals surface area (Å²) in [5.41, 5.74) is 2.13. The van der Waals surface area contributed by atoms with Crippen molar-refractivity contribution in [1.29, 1.82) is 0 Å². The van der Waals surface area contributed by atoms with Crippen LogP contribution in [0.25, 0.3) is 10.9 Å². The zero-order valence-corrected chi connectivity index (χ0v) is 20.5. The molecule has 1 amide bonds.